The average molecular weight is 468 g/mol. The molecule has 1 heterocycles. The number of nitrogens with two attached hydrogens (primary N) is 1. The van der Waals surface area contributed by atoms with Gasteiger partial charge >= 0.3 is 0 Å². The molecular formula is C29H29N3OS. The third-order valence-corrected chi connectivity index (χ3v) is 6.99. The van der Waals surface area contributed by atoms with Crippen LogP contribution in [0, 0.1) is 0 Å². The van der Waals surface area contributed by atoms with E-state index in [2.05, 4.69) is 72.1 Å². The summed E-state index contributed by atoms with van der Waals surface area (Å²) in [5.41, 5.74) is 11.6. The first-order valence-corrected chi connectivity index (χ1v) is 12.3. The fourth-order valence-corrected chi connectivity index (χ4v) is 4.88. The molecular weight excluding hydrogens is 438 g/mol. The highest BCUT2D eigenvalue weighted by Gasteiger charge is 2.26. The van der Waals surface area contributed by atoms with Crippen LogP contribution in [0.1, 0.15) is 15.9 Å². The zero-order chi connectivity index (χ0) is 23.5. The molecule has 0 fully saturated rings. The molecule has 4 nitrogen and oxygen atoms in total. The van der Waals surface area contributed by atoms with Gasteiger partial charge in [0.2, 0.25) is 0 Å². The van der Waals surface area contributed by atoms with Gasteiger partial charge in [-0.05, 0) is 45.7 Å². The Labute approximate surface area is 206 Å². The maximum absolute atomic E-state index is 13.8. The lowest BCUT2D eigenvalue weighted by Gasteiger charge is -2.27. The first-order chi connectivity index (χ1) is 16.6. The average Bonchev–Trinajstić information content (AvgIpc) is 3.07. The number of nitrogens with zero attached hydrogens (tertiary/aromatic N) is 2. The predicted octanol–water partition coefficient (Wildman–Crippen LogP) is 5.23. The van der Waals surface area contributed by atoms with E-state index < -0.39 is 0 Å². The van der Waals surface area contributed by atoms with Gasteiger partial charge in [0, 0.05) is 49.2 Å². The Balaban J connectivity index is 1.53. The second kappa shape index (κ2) is 9.92. The molecule has 0 saturated carbocycles. The van der Waals surface area contributed by atoms with Gasteiger partial charge in [-0.1, -0.05) is 72.8 Å². The number of benzene rings is 4. The number of hydrogen-bond acceptors (Lipinski definition) is 4. The fourth-order valence-electron chi connectivity index (χ4n) is 4.76. The molecule has 4 aromatic carbocycles. The molecule has 1 unspecified atom stereocenters. The van der Waals surface area contributed by atoms with Crippen LogP contribution >= 0.6 is 12.6 Å². The molecule has 0 bridgehead atoms. The van der Waals surface area contributed by atoms with Crippen LogP contribution in [0.25, 0.3) is 21.9 Å². The van der Waals surface area contributed by atoms with E-state index in [-0.39, 0.29) is 11.9 Å². The molecule has 0 aliphatic carbocycles. The Morgan fingerprint density at radius 1 is 0.882 bits per heavy atom. The van der Waals surface area contributed by atoms with E-state index in [1.807, 2.05) is 41.3 Å². The van der Waals surface area contributed by atoms with E-state index in [0.717, 1.165) is 39.7 Å². The topological polar surface area (TPSA) is 49.6 Å². The van der Waals surface area contributed by atoms with Gasteiger partial charge < -0.3 is 15.5 Å². The zero-order valence-corrected chi connectivity index (χ0v) is 20.0. The summed E-state index contributed by atoms with van der Waals surface area (Å²) in [7, 11) is 0. The van der Waals surface area contributed by atoms with Gasteiger partial charge in [-0.25, -0.2) is 0 Å². The number of hydrogen-bond donors (Lipinski definition) is 2. The zero-order valence-electron chi connectivity index (χ0n) is 19.1. The molecule has 5 heteroatoms. The van der Waals surface area contributed by atoms with Crippen LogP contribution in [-0.4, -0.2) is 42.2 Å². The second-order valence-corrected chi connectivity index (χ2v) is 9.22. The lowest BCUT2D eigenvalue weighted by atomic mass is 10.0. The van der Waals surface area contributed by atoms with E-state index >= 15 is 0 Å². The van der Waals surface area contributed by atoms with E-state index in [4.69, 9.17) is 5.73 Å². The highest BCUT2D eigenvalue weighted by molar-refractivity contribution is 7.80. The lowest BCUT2D eigenvalue weighted by molar-refractivity contribution is 0.0753. The number of anilines is 1. The molecule has 1 aliphatic rings. The van der Waals surface area contributed by atoms with E-state index in [1.165, 1.54) is 5.56 Å². The van der Waals surface area contributed by atoms with Crippen molar-refractivity contribution in [2.75, 3.05) is 30.3 Å². The minimum Gasteiger partial charge on any atom is -0.368 e. The van der Waals surface area contributed by atoms with Crippen molar-refractivity contribution >= 4 is 35.0 Å². The third kappa shape index (κ3) is 4.54. The minimum atomic E-state index is -0.0368. The SMILES string of the molecule is NC(CS)CN1CCN(C(=O)c2cccc3ccccc23)Cc2cc(-c3ccccc3)ccc21. The van der Waals surface area contributed by atoms with Crippen LogP contribution in [0.4, 0.5) is 5.69 Å². The van der Waals surface area contributed by atoms with E-state index in [9.17, 15) is 4.79 Å². The molecule has 0 spiro atoms. The molecule has 34 heavy (non-hydrogen) atoms. The van der Waals surface area contributed by atoms with Crippen molar-refractivity contribution in [2.45, 2.75) is 12.6 Å². The molecule has 1 amide bonds. The van der Waals surface area contributed by atoms with Gasteiger partial charge in [0.1, 0.15) is 0 Å². The van der Waals surface area contributed by atoms with Crippen LogP contribution in [0.15, 0.2) is 91.0 Å². The summed E-state index contributed by atoms with van der Waals surface area (Å²) in [4.78, 5) is 18.1. The number of fused-ring (bicyclic) bond motifs is 2. The number of amides is 1. The maximum atomic E-state index is 13.8. The summed E-state index contributed by atoms with van der Waals surface area (Å²) in [5.74, 6) is 0.681. The summed E-state index contributed by atoms with van der Waals surface area (Å²) in [6, 6.07) is 30.9. The third-order valence-electron chi connectivity index (χ3n) is 6.53. The summed E-state index contributed by atoms with van der Waals surface area (Å²) in [6.45, 7) is 2.63. The van der Waals surface area contributed by atoms with Gasteiger partial charge in [0.05, 0.1) is 0 Å². The van der Waals surface area contributed by atoms with Crippen molar-refractivity contribution in [1.82, 2.24) is 4.90 Å². The van der Waals surface area contributed by atoms with Crippen molar-refractivity contribution in [3.8, 4) is 11.1 Å². The van der Waals surface area contributed by atoms with Crippen LogP contribution < -0.4 is 10.6 Å². The Kier molecular flexibility index (Phi) is 6.57. The quantitative estimate of drug-likeness (QED) is 0.395. The van der Waals surface area contributed by atoms with Crippen LogP contribution in [0.3, 0.4) is 0 Å². The molecule has 1 aliphatic heterocycles. The normalized spacial score (nSPS) is 14.5. The van der Waals surface area contributed by atoms with Crippen LogP contribution in [0.5, 0.6) is 0 Å². The van der Waals surface area contributed by atoms with Crippen molar-refractivity contribution in [1.29, 1.82) is 0 Å². The van der Waals surface area contributed by atoms with Gasteiger partial charge in [-0.3, -0.25) is 4.79 Å². The fraction of sp³-hybridized carbons (Fsp3) is 0.207. The molecule has 5 rings (SSSR count). The maximum Gasteiger partial charge on any atom is 0.254 e. The summed E-state index contributed by atoms with van der Waals surface area (Å²) in [6.07, 6.45) is 0. The number of carbonyl (C=O) groups excluding carboxylic acids is 1. The minimum absolute atomic E-state index is 0.0368. The Morgan fingerprint density at radius 2 is 1.65 bits per heavy atom. The largest absolute Gasteiger partial charge is 0.368 e. The Bertz CT molecular complexity index is 1300. The van der Waals surface area contributed by atoms with Gasteiger partial charge in [-0.2, -0.15) is 12.6 Å². The van der Waals surface area contributed by atoms with Crippen molar-refractivity contribution < 1.29 is 4.79 Å². The van der Waals surface area contributed by atoms with Crippen molar-refractivity contribution in [3.63, 3.8) is 0 Å². The molecule has 4 aromatic rings. The first kappa shape index (κ1) is 22.5. The Morgan fingerprint density at radius 3 is 2.47 bits per heavy atom. The van der Waals surface area contributed by atoms with E-state index in [0.29, 0.717) is 25.4 Å². The summed E-state index contributed by atoms with van der Waals surface area (Å²) in [5, 5.41) is 2.07. The highest BCUT2D eigenvalue weighted by Crippen LogP contribution is 2.31. The van der Waals surface area contributed by atoms with Gasteiger partial charge in [-0.15, -0.1) is 0 Å². The Hall–Kier alpha value is -3.28. The lowest BCUT2D eigenvalue weighted by Crippen LogP contribution is -2.41. The molecule has 0 radical (unpaired) electrons. The van der Waals surface area contributed by atoms with Crippen LogP contribution in [0.2, 0.25) is 0 Å². The van der Waals surface area contributed by atoms with E-state index in [1.54, 1.807) is 0 Å². The smallest absolute Gasteiger partial charge is 0.254 e. The molecule has 2 N–H and O–H groups in total. The van der Waals surface area contributed by atoms with Crippen molar-refractivity contribution in [3.05, 3.63) is 102 Å². The number of carbonyl (C=O) groups is 1. The van der Waals surface area contributed by atoms with Gasteiger partial charge in [0.25, 0.3) is 5.91 Å². The predicted molar refractivity (Wildman–Crippen MR) is 145 cm³/mol. The number of rotatable bonds is 5. The summed E-state index contributed by atoms with van der Waals surface area (Å²) < 4.78 is 0. The number of thiol groups is 1. The molecule has 0 saturated heterocycles. The van der Waals surface area contributed by atoms with Crippen LogP contribution in [-0.2, 0) is 6.54 Å². The standard InChI is InChI=1S/C29H29N3OS/c30-25(20-34)19-31-15-16-32(29(33)27-12-6-10-22-9-4-5-11-26(22)27)18-24-17-23(13-14-28(24)31)21-7-2-1-3-8-21/h1-14,17,25,34H,15-16,18-20,30H2. The second-order valence-electron chi connectivity index (χ2n) is 8.85. The first-order valence-electron chi connectivity index (χ1n) is 11.7. The highest BCUT2D eigenvalue weighted by atomic mass is 32.1. The molecule has 0 aromatic heterocycles. The monoisotopic (exact) mass is 467 g/mol. The van der Waals surface area contributed by atoms with Gasteiger partial charge in [0.15, 0.2) is 0 Å². The van der Waals surface area contributed by atoms with Crippen molar-refractivity contribution in [2.24, 2.45) is 5.73 Å². The summed E-state index contributed by atoms with van der Waals surface area (Å²) >= 11 is 4.39. The molecule has 172 valence electrons. The molecule has 1 atom stereocenters.